The fourth-order valence-corrected chi connectivity index (χ4v) is 0.971. The molecule has 14 heavy (non-hydrogen) atoms. The van der Waals surface area contributed by atoms with Crippen LogP contribution in [0.25, 0.3) is 0 Å². The highest BCUT2D eigenvalue weighted by molar-refractivity contribution is 5.93. The first-order valence-corrected chi connectivity index (χ1v) is 4.32. The fraction of sp³-hybridized carbons (Fsp3) is 0.444. The number of ketones is 1. The van der Waals surface area contributed by atoms with E-state index in [1.54, 1.807) is 6.92 Å². The lowest BCUT2D eigenvalue weighted by Crippen LogP contribution is -2.13. The summed E-state index contributed by atoms with van der Waals surface area (Å²) in [6, 6.07) is 0. The van der Waals surface area contributed by atoms with Crippen molar-refractivity contribution in [2.45, 2.75) is 20.4 Å². The third kappa shape index (κ3) is 2.69. The molecule has 0 N–H and O–H groups in total. The van der Waals surface area contributed by atoms with Gasteiger partial charge in [0.05, 0.1) is 18.4 Å². The summed E-state index contributed by atoms with van der Waals surface area (Å²) >= 11 is 0. The maximum absolute atomic E-state index is 11.0. The minimum Gasteiger partial charge on any atom is -0.465 e. The Labute approximate surface area is 81.7 Å². The molecule has 0 atom stereocenters. The number of rotatable bonds is 4. The van der Waals surface area contributed by atoms with E-state index < -0.39 is 0 Å². The number of esters is 1. The molecule has 0 aliphatic heterocycles. The average Bonchev–Trinajstić information content (AvgIpc) is 2.53. The summed E-state index contributed by atoms with van der Waals surface area (Å²) in [4.78, 5) is 21.9. The van der Waals surface area contributed by atoms with E-state index in [0.717, 1.165) is 0 Å². The van der Waals surface area contributed by atoms with Crippen LogP contribution in [0.3, 0.4) is 0 Å². The predicted octanol–water partition coefficient (Wildman–Crippen LogP) is 0.649. The molecule has 0 bridgehead atoms. The van der Waals surface area contributed by atoms with E-state index in [4.69, 9.17) is 4.74 Å². The van der Waals surface area contributed by atoms with Gasteiger partial charge in [0.15, 0.2) is 5.78 Å². The Morgan fingerprint density at radius 1 is 1.57 bits per heavy atom. The van der Waals surface area contributed by atoms with Gasteiger partial charge >= 0.3 is 5.97 Å². The van der Waals surface area contributed by atoms with Gasteiger partial charge in [-0.2, -0.15) is 5.10 Å². The molecule has 0 fully saturated rings. The van der Waals surface area contributed by atoms with Crippen LogP contribution in [0.4, 0.5) is 0 Å². The predicted molar refractivity (Wildman–Crippen MR) is 48.9 cm³/mol. The number of hydrogen-bond donors (Lipinski definition) is 0. The molecule has 1 heterocycles. The molecule has 5 heteroatoms. The van der Waals surface area contributed by atoms with Gasteiger partial charge in [-0.15, -0.1) is 0 Å². The van der Waals surface area contributed by atoms with E-state index in [0.29, 0.717) is 12.2 Å². The van der Waals surface area contributed by atoms with Crippen LogP contribution in [0.1, 0.15) is 24.2 Å². The van der Waals surface area contributed by atoms with Crippen molar-refractivity contribution in [3.63, 3.8) is 0 Å². The van der Waals surface area contributed by atoms with Crippen molar-refractivity contribution in [1.82, 2.24) is 9.78 Å². The third-order valence-corrected chi connectivity index (χ3v) is 1.64. The van der Waals surface area contributed by atoms with Gasteiger partial charge in [0.25, 0.3) is 0 Å². The van der Waals surface area contributed by atoms with Gasteiger partial charge in [0, 0.05) is 6.20 Å². The largest absolute Gasteiger partial charge is 0.465 e. The molecular formula is C9H12N2O3. The van der Waals surface area contributed by atoms with E-state index in [1.165, 1.54) is 24.0 Å². The molecule has 0 spiro atoms. The van der Waals surface area contributed by atoms with Crippen molar-refractivity contribution in [3.05, 3.63) is 18.0 Å². The van der Waals surface area contributed by atoms with Crippen molar-refractivity contribution in [2.24, 2.45) is 0 Å². The monoisotopic (exact) mass is 196 g/mol. The van der Waals surface area contributed by atoms with Crippen LogP contribution in [0.5, 0.6) is 0 Å². The minimum atomic E-state index is -0.356. The average molecular weight is 196 g/mol. The van der Waals surface area contributed by atoms with Crippen LogP contribution in [-0.2, 0) is 16.1 Å². The Balaban J connectivity index is 2.59. The summed E-state index contributed by atoms with van der Waals surface area (Å²) in [5.74, 6) is -0.425. The molecule has 0 saturated heterocycles. The molecule has 1 rings (SSSR count). The van der Waals surface area contributed by atoms with Gasteiger partial charge in [-0.25, -0.2) is 0 Å². The molecule has 0 amide bonds. The molecule has 76 valence electrons. The van der Waals surface area contributed by atoms with E-state index in [-0.39, 0.29) is 18.3 Å². The van der Waals surface area contributed by atoms with Gasteiger partial charge in [0.1, 0.15) is 6.54 Å². The topological polar surface area (TPSA) is 61.2 Å². The second-order valence-electron chi connectivity index (χ2n) is 2.79. The van der Waals surface area contributed by atoms with Crippen LogP contribution in [0, 0.1) is 0 Å². The second-order valence-corrected chi connectivity index (χ2v) is 2.79. The van der Waals surface area contributed by atoms with Crippen molar-refractivity contribution >= 4 is 11.8 Å². The molecule has 0 aromatic carbocycles. The van der Waals surface area contributed by atoms with Crippen LogP contribution >= 0.6 is 0 Å². The normalized spacial score (nSPS) is 9.86. The second kappa shape index (κ2) is 4.55. The van der Waals surface area contributed by atoms with E-state index in [1.807, 2.05) is 0 Å². The zero-order valence-corrected chi connectivity index (χ0v) is 8.19. The van der Waals surface area contributed by atoms with E-state index in [9.17, 15) is 9.59 Å². The fourth-order valence-electron chi connectivity index (χ4n) is 0.971. The molecule has 1 aromatic rings. The lowest BCUT2D eigenvalue weighted by molar-refractivity contribution is -0.144. The van der Waals surface area contributed by atoms with Gasteiger partial charge < -0.3 is 4.74 Å². The molecule has 5 nitrogen and oxygen atoms in total. The number of nitrogens with zero attached hydrogens (tertiary/aromatic N) is 2. The van der Waals surface area contributed by atoms with E-state index >= 15 is 0 Å². The number of hydrogen-bond acceptors (Lipinski definition) is 4. The van der Waals surface area contributed by atoms with E-state index in [2.05, 4.69) is 5.10 Å². The van der Waals surface area contributed by atoms with Crippen molar-refractivity contribution in [2.75, 3.05) is 6.61 Å². The Hall–Kier alpha value is -1.65. The first-order chi connectivity index (χ1) is 6.63. The molecule has 0 aliphatic rings. The zero-order chi connectivity index (χ0) is 10.6. The molecule has 1 aromatic heterocycles. The summed E-state index contributed by atoms with van der Waals surface area (Å²) in [5, 5.41) is 3.85. The number of ether oxygens (including phenoxy) is 1. The maximum Gasteiger partial charge on any atom is 0.327 e. The van der Waals surface area contributed by atoms with Crippen LogP contribution < -0.4 is 0 Å². The molecular weight excluding hydrogens is 184 g/mol. The highest BCUT2D eigenvalue weighted by Crippen LogP contribution is 1.98. The third-order valence-electron chi connectivity index (χ3n) is 1.64. The molecule has 0 unspecified atom stereocenters. The Morgan fingerprint density at radius 2 is 2.29 bits per heavy atom. The van der Waals surface area contributed by atoms with Crippen molar-refractivity contribution in [3.8, 4) is 0 Å². The first-order valence-electron chi connectivity index (χ1n) is 4.32. The maximum atomic E-state index is 11.0. The zero-order valence-electron chi connectivity index (χ0n) is 8.19. The SMILES string of the molecule is CCOC(=O)Cn1cc(C(C)=O)cn1. The summed E-state index contributed by atoms with van der Waals surface area (Å²) < 4.78 is 6.11. The smallest absolute Gasteiger partial charge is 0.327 e. The lowest BCUT2D eigenvalue weighted by Gasteiger charge is -2.00. The van der Waals surface area contributed by atoms with Gasteiger partial charge in [-0.3, -0.25) is 14.3 Å². The van der Waals surface area contributed by atoms with Crippen molar-refractivity contribution in [1.29, 1.82) is 0 Å². The van der Waals surface area contributed by atoms with Crippen LogP contribution in [-0.4, -0.2) is 28.1 Å². The molecule has 0 saturated carbocycles. The van der Waals surface area contributed by atoms with Crippen molar-refractivity contribution < 1.29 is 14.3 Å². The first kappa shape index (κ1) is 10.4. The molecule has 0 radical (unpaired) electrons. The number of carbonyl (C=O) groups excluding carboxylic acids is 2. The Bertz CT molecular complexity index is 344. The van der Waals surface area contributed by atoms with Crippen LogP contribution in [0.15, 0.2) is 12.4 Å². The van der Waals surface area contributed by atoms with Gasteiger partial charge in [0.2, 0.25) is 0 Å². The summed E-state index contributed by atoms with van der Waals surface area (Å²) in [5.41, 5.74) is 0.495. The summed E-state index contributed by atoms with van der Waals surface area (Å²) in [7, 11) is 0. The highest BCUT2D eigenvalue weighted by Gasteiger charge is 2.06. The number of Topliss-reactive ketones (excluding diaryl/α,β-unsaturated/α-hetero) is 1. The number of aromatic nitrogens is 2. The van der Waals surface area contributed by atoms with Gasteiger partial charge in [-0.05, 0) is 13.8 Å². The van der Waals surface area contributed by atoms with Crippen LogP contribution in [0.2, 0.25) is 0 Å². The Morgan fingerprint density at radius 3 is 2.79 bits per heavy atom. The number of carbonyl (C=O) groups is 2. The minimum absolute atomic E-state index is 0.0428. The quantitative estimate of drug-likeness (QED) is 0.524. The summed E-state index contributed by atoms with van der Waals surface area (Å²) in [6.45, 7) is 3.58. The molecule has 0 aliphatic carbocycles. The Kier molecular flexibility index (Phi) is 3.39. The summed E-state index contributed by atoms with van der Waals surface area (Å²) in [6.07, 6.45) is 2.96. The van der Waals surface area contributed by atoms with Gasteiger partial charge in [-0.1, -0.05) is 0 Å². The highest BCUT2D eigenvalue weighted by atomic mass is 16.5. The standard InChI is InChI=1S/C9H12N2O3/c1-3-14-9(13)6-11-5-8(4-10-11)7(2)12/h4-5H,3,6H2,1-2H3. The lowest BCUT2D eigenvalue weighted by atomic mass is 10.3.